The van der Waals surface area contributed by atoms with E-state index < -0.39 is 5.97 Å². The van der Waals surface area contributed by atoms with Crippen LogP contribution in [0.15, 0.2) is 48.5 Å². The van der Waals surface area contributed by atoms with Crippen LogP contribution in [-0.4, -0.2) is 51.8 Å². The van der Waals surface area contributed by atoms with Gasteiger partial charge in [0.25, 0.3) is 0 Å². The molecule has 1 amide bonds. The van der Waals surface area contributed by atoms with Gasteiger partial charge in [0.15, 0.2) is 0 Å². The number of para-hydroxylation sites is 2. The van der Waals surface area contributed by atoms with Crippen molar-refractivity contribution in [2.45, 2.75) is 0 Å². The first kappa shape index (κ1) is 18.7. The number of carbonyl (C=O) groups is 2. The average Bonchev–Trinajstić information content (AvgIpc) is 2.73. The molecule has 2 aromatic carbocycles. The van der Waals surface area contributed by atoms with Crippen LogP contribution < -0.4 is 15.5 Å². The number of ether oxygens (including phenoxy) is 2. The lowest BCUT2D eigenvalue weighted by atomic mass is 10.2. The van der Waals surface area contributed by atoms with Crippen LogP contribution in [0, 0.1) is 0 Å². The zero-order chi connectivity index (χ0) is 19.1. The summed E-state index contributed by atoms with van der Waals surface area (Å²) in [5.74, 6) is -0.577. The van der Waals surface area contributed by atoms with Gasteiger partial charge in [0, 0.05) is 18.8 Å². The first-order chi connectivity index (χ1) is 13.2. The maximum absolute atomic E-state index is 12.2. The Labute approximate surface area is 158 Å². The number of nitrogens with zero attached hydrogens (tertiary/aromatic N) is 1. The molecule has 1 aliphatic rings. The number of carbonyl (C=O) groups excluding carboxylic acids is 2. The largest absolute Gasteiger partial charge is 0.465 e. The van der Waals surface area contributed by atoms with Gasteiger partial charge >= 0.3 is 5.97 Å². The van der Waals surface area contributed by atoms with Crippen LogP contribution in [0.1, 0.15) is 10.4 Å². The molecule has 142 valence electrons. The van der Waals surface area contributed by atoms with Crippen molar-refractivity contribution in [3.8, 4) is 0 Å². The minimum Gasteiger partial charge on any atom is -0.465 e. The van der Waals surface area contributed by atoms with Gasteiger partial charge in [0.1, 0.15) is 0 Å². The van der Waals surface area contributed by atoms with Crippen molar-refractivity contribution >= 4 is 28.9 Å². The highest BCUT2D eigenvalue weighted by Gasteiger charge is 2.15. The number of esters is 1. The van der Waals surface area contributed by atoms with Crippen molar-refractivity contribution in [2.75, 3.05) is 55.5 Å². The molecule has 1 heterocycles. The van der Waals surface area contributed by atoms with E-state index in [0.717, 1.165) is 24.5 Å². The average molecular weight is 369 g/mol. The number of benzene rings is 2. The molecule has 0 saturated carbocycles. The van der Waals surface area contributed by atoms with Gasteiger partial charge in [-0.15, -0.1) is 0 Å². The number of morpholine rings is 1. The SMILES string of the molecule is COC(=O)c1ccc(NC(=O)CNc2ccccc2N2CCOCC2)cc1. The minimum atomic E-state index is -0.408. The molecule has 7 nitrogen and oxygen atoms in total. The van der Waals surface area contributed by atoms with Crippen molar-refractivity contribution in [3.05, 3.63) is 54.1 Å². The summed E-state index contributed by atoms with van der Waals surface area (Å²) >= 11 is 0. The molecule has 7 heteroatoms. The van der Waals surface area contributed by atoms with E-state index >= 15 is 0 Å². The number of amides is 1. The summed E-state index contributed by atoms with van der Waals surface area (Å²) in [7, 11) is 1.33. The fourth-order valence-electron chi connectivity index (χ4n) is 2.89. The summed E-state index contributed by atoms with van der Waals surface area (Å²) in [6.45, 7) is 3.21. The zero-order valence-corrected chi connectivity index (χ0v) is 15.2. The van der Waals surface area contributed by atoms with Crippen LogP contribution in [0.25, 0.3) is 0 Å². The van der Waals surface area contributed by atoms with E-state index in [1.165, 1.54) is 7.11 Å². The number of hydrogen-bond donors (Lipinski definition) is 2. The summed E-state index contributed by atoms with van der Waals surface area (Å²) < 4.78 is 10.1. The van der Waals surface area contributed by atoms with E-state index in [4.69, 9.17) is 4.74 Å². The Morgan fingerprint density at radius 1 is 1.07 bits per heavy atom. The monoisotopic (exact) mass is 369 g/mol. The second-order valence-electron chi connectivity index (χ2n) is 6.09. The van der Waals surface area contributed by atoms with Crippen molar-refractivity contribution in [1.82, 2.24) is 0 Å². The van der Waals surface area contributed by atoms with Gasteiger partial charge in [0.2, 0.25) is 5.91 Å². The van der Waals surface area contributed by atoms with Crippen molar-refractivity contribution < 1.29 is 19.1 Å². The Morgan fingerprint density at radius 2 is 1.78 bits per heavy atom. The van der Waals surface area contributed by atoms with Gasteiger partial charge in [-0.3, -0.25) is 4.79 Å². The molecule has 27 heavy (non-hydrogen) atoms. The lowest BCUT2D eigenvalue weighted by Gasteiger charge is -2.30. The molecule has 3 rings (SSSR count). The molecule has 0 aliphatic carbocycles. The van der Waals surface area contributed by atoms with Crippen LogP contribution >= 0.6 is 0 Å². The zero-order valence-electron chi connectivity index (χ0n) is 15.2. The third kappa shape index (κ3) is 4.98. The molecule has 0 atom stereocenters. The Morgan fingerprint density at radius 3 is 2.48 bits per heavy atom. The number of rotatable bonds is 6. The fourth-order valence-corrected chi connectivity index (χ4v) is 2.89. The molecule has 0 aromatic heterocycles. The van der Waals surface area contributed by atoms with Crippen LogP contribution in [0.5, 0.6) is 0 Å². The van der Waals surface area contributed by atoms with Crippen LogP contribution in [0.3, 0.4) is 0 Å². The van der Waals surface area contributed by atoms with Gasteiger partial charge in [-0.2, -0.15) is 0 Å². The summed E-state index contributed by atoms with van der Waals surface area (Å²) in [6.07, 6.45) is 0. The third-order valence-electron chi connectivity index (χ3n) is 4.28. The topological polar surface area (TPSA) is 79.9 Å². The van der Waals surface area contributed by atoms with Crippen LogP contribution in [0.2, 0.25) is 0 Å². The summed E-state index contributed by atoms with van der Waals surface area (Å²) in [4.78, 5) is 25.9. The molecule has 1 aliphatic heterocycles. The smallest absolute Gasteiger partial charge is 0.337 e. The highest BCUT2D eigenvalue weighted by molar-refractivity contribution is 5.95. The van der Waals surface area contributed by atoms with Crippen LogP contribution in [0.4, 0.5) is 17.1 Å². The first-order valence-corrected chi connectivity index (χ1v) is 8.81. The quantitative estimate of drug-likeness (QED) is 0.761. The predicted molar refractivity (Wildman–Crippen MR) is 104 cm³/mol. The van der Waals surface area contributed by atoms with Crippen molar-refractivity contribution in [2.24, 2.45) is 0 Å². The van der Waals surface area contributed by atoms with E-state index in [-0.39, 0.29) is 12.5 Å². The Bertz CT molecular complexity index is 786. The molecule has 1 fully saturated rings. The second kappa shape index (κ2) is 9.05. The van der Waals surface area contributed by atoms with Gasteiger partial charge in [-0.25, -0.2) is 4.79 Å². The molecule has 2 aromatic rings. The Hall–Kier alpha value is -3.06. The van der Waals surface area contributed by atoms with Crippen molar-refractivity contribution in [1.29, 1.82) is 0 Å². The summed E-state index contributed by atoms with van der Waals surface area (Å²) in [6, 6.07) is 14.5. The molecule has 0 bridgehead atoms. The van der Waals surface area contributed by atoms with Gasteiger partial charge in [-0.05, 0) is 36.4 Å². The number of hydrogen-bond acceptors (Lipinski definition) is 6. The molecule has 2 N–H and O–H groups in total. The van der Waals surface area contributed by atoms with Gasteiger partial charge in [-0.1, -0.05) is 12.1 Å². The molecule has 0 radical (unpaired) electrons. The second-order valence-corrected chi connectivity index (χ2v) is 6.09. The lowest BCUT2D eigenvalue weighted by Crippen LogP contribution is -2.36. The molecular formula is C20H23N3O4. The van der Waals surface area contributed by atoms with E-state index in [0.29, 0.717) is 24.5 Å². The van der Waals surface area contributed by atoms with Gasteiger partial charge < -0.3 is 25.0 Å². The molecule has 0 unspecified atom stereocenters. The maximum Gasteiger partial charge on any atom is 0.337 e. The Balaban J connectivity index is 1.57. The summed E-state index contributed by atoms with van der Waals surface area (Å²) in [5, 5.41) is 6.01. The third-order valence-corrected chi connectivity index (χ3v) is 4.28. The fraction of sp³-hybridized carbons (Fsp3) is 0.300. The number of nitrogens with one attached hydrogen (secondary N) is 2. The predicted octanol–water partition coefficient (Wildman–Crippen LogP) is 2.36. The Kier molecular flexibility index (Phi) is 6.27. The van der Waals surface area contributed by atoms with E-state index in [1.54, 1.807) is 24.3 Å². The molecular weight excluding hydrogens is 346 g/mol. The van der Waals surface area contributed by atoms with E-state index in [2.05, 4.69) is 20.3 Å². The maximum atomic E-state index is 12.2. The number of methoxy groups -OCH3 is 1. The highest BCUT2D eigenvalue weighted by atomic mass is 16.5. The standard InChI is InChI=1S/C20H23N3O4/c1-26-20(25)15-6-8-16(9-7-15)22-19(24)14-21-17-4-2-3-5-18(17)23-10-12-27-13-11-23/h2-9,21H,10-14H2,1H3,(H,22,24). The van der Waals surface area contributed by atoms with E-state index in [9.17, 15) is 9.59 Å². The highest BCUT2D eigenvalue weighted by Crippen LogP contribution is 2.26. The lowest BCUT2D eigenvalue weighted by molar-refractivity contribution is -0.114. The van der Waals surface area contributed by atoms with Gasteiger partial charge in [0.05, 0.1) is 43.8 Å². The normalized spacial score (nSPS) is 13.7. The van der Waals surface area contributed by atoms with Crippen LogP contribution in [-0.2, 0) is 14.3 Å². The first-order valence-electron chi connectivity index (χ1n) is 8.81. The summed E-state index contributed by atoms with van der Waals surface area (Å²) in [5.41, 5.74) is 3.04. The van der Waals surface area contributed by atoms with Crippen molar-refractivity contribution in [3.63, 3.8) is 0 Å². The molecule has 1 saturated heterocycles. The molecule has 0 spiro atoms. The number of anilines is 3. The van der Waals surface area contributed by atoms with E-state index in [1.807, 2.05) is 24.3 Å². The minimum absolute atomic E-state index is 0.139.